The van der Waals surface area contributed by atoms with Crippen molar-refractivity contribution in [2.24, 2.45) is 0 Å². The predicted molar refractivity (Wildman–Crippen MR) is 65.6 cm³/mol. The van der Waals surface area contributed by atoms with E-state index in [1.807, 2.05) is 0 Å². The molecule has 7 nitrogen and oxygen atoms in total. The van der Waals surface area contributed by atoms with E-state index in [1.165, 1.54) is 17.2 Å². The van der Waals surface area contributed by atoms with Crippen LogP contribution in [0.3, 0.4) is 0 Å². The summed E-state index contributed by atoms with van der Waals surface area (Å²) in [6.45, 7) is 0. The van der Waals surface area contributed by atoms with Crippen LogP contribution in [-0.4, -0.2) is 45.7 Å². The molecule has 18 heavy (non-hydrogen) atoms. The summed E-state index contributed by atoms with van der Waals surface area (Å²) in [6.07, 6.45) is 0.0959. The maximum Gasteiger partial charge on any atom is 0.417 e. The second-order valence-corrected chi connectivity index (χ2v) is 4.03. The fourth-order valence-electron chi connectivity index (χ4n) is 1.69. The number of carbonyl (C=O) groups is 2. The number of fused-ring (bicyclic) bond motifs is 1. The van der Waals surface area contributed by atoms with Crippen molar-refractivity contribution in [3.63, 3.8) is 0 Å². The number of hydrogen-bond acceptors (Lipinski definition) is 4. The number of nitrogen functional groups attached to an aromatic ring is 1. The van der Waals surface area contributed by atoms with Crippen LogP contribution < -0.4 is 5.73 Å². The zero-order valence-corrected chi connectivity index (χ0v) is 9.91. The molecule has 0 aromatic carbocycles. The topological polar surface area (TPSA) is 101 Å². The van der Waals surface area contributed by atoms with Crippen molar-refractivity contribution in [3.8, 4) is 0 Å². The van der Waals surface area contributed by atoms with Gasteiger partial charge in [-0.2, -0.15) is 0 Å². The van der Waals surface area contributed by atoms with Gasteiger partial charge in [-0.05, 0) is 12.1 Å². The molecule has 1 amide bonds. The Bertz CT molecular complexity index is 645. The molecule has 3 N–H and O–H groups in total. The van der Waals surface area contributed by atoms with Crippen LogP contribution in [0, 0.1) is 0 Å². The molecule has 0 saturated heterocycles. The number of rotatable bonds is 1. The van der Waals surface area contributed by atoms with E-state index in [9.17, 15) is 14.7 Å². The summed E-state index contributed by atoms with van der Waals surface area (Å²) < 4.78 is 0.858. The van der Waals surface area contributed by atoms with E-state index in [1.54, 1.807) is 20.2 Å². The van der Waals surface area contributed by atoms with Gasteiger partial charge >= 0.3 is 6.09 Å². The van der Waals surface area contributed by atoms with E-state index in [4.69, 9.17) is 5.73 Å². The van der Waals surface area contributed by atoms with Crippen molar-refractivity contribution < 1.29 is 14.7 Å². The third-order valence-electron chi connectivity index (χ3n) is 2.48. The predicted octanol–water partition coefficient (Wildman–Crippen LogP) is 0.846. The number of amides is 1. The Morgan fingerprint density at radius 1 is 1.39 bits per heavy atom. The van der Waals surface area contributed by atoms with E-state index in [0.717, 1.165) is 4.57 Å². The molecule has 0 radical (unpaired) electrons. The lowest BCUT2D eigenvalue weighted by Gasteiger charge is -2.10. The highest BCUT2D eigenvalue weighted by molar-refractivity contribution is 6.02. The van der Waals surface area contributed by atoms with Crippen LogP contribution in [0.25, 0.3) is 11.0 Å². The molecule has 0 aliphatic heterocycles. The van der Waals surface area contributed by atoms with Gasteiger partial charge in [0.1, 0.15) is 11.3 Å². The molecule has 2 heterocycles. The standard InChI is InChI=1S/C11H12N4O3/c1-14(2)10(16)8-4-6-3-7(12)5-13-9(6)15(8)11(17)18/h3-5H,12H2,1-2H3,(H,17,18). The van der Waals surface area contributed by atoms with Crippen LogP contribution in [0.15, 0.2) is 18.3 Å². The maximum absolute atomic E-state index is 11.9. The smallest absolute Gasteiger partial charge is 0.417 e. The van der Waals surface area contributed by atoms with E-state index < -0.39 is 12.0 Å². The Kier molecular flexibility index (Phi) is 2.66. The Morgan fingerprint density at radius 3 is 2.61 bits per heavy atom. The molecule has 2 aromatic heterocycles. The van der Waals surface area contributed by atoms with Crippen molar-refractivity contribution in [2.45, 2.75) is 0 Å². The number of carboxylic acid groups (broad SMARTS) is 1. The van der Waals surface area contributed by atoms with Gasteiger partial charge < -0.3 is 15.7 Å². The fraction of sp³-hybridized carbons (Fsp3) is 0.182. The minimum atomic E-state index is -1.26. The summed E-state index contributed by atoms with van der Waals surface area (Å²) in [4.78, 5) is 28.4. The molecule has 0 aliphatic carbocycles. The Labute approximate surface area is 102 Å². The van der Waals surface area contributed by atoms with Crippen LogP contribution in [0.1, 0.15) is 10.5 Å². The minimum absolute atomic E-state index is 0.0422. The third-order valence-corrected chi connectivity index (χ3v) is 2.48. The molecule has 2 aromatic rings. The molecule has 94 valence electrons. The average molecular weight is 248 g/mol. The third kappa shape index (κ3) is 1.75. The molecule has 0 unspecified atom stereocenters. The summed E-state index contributed by atoms with van der Waals surface area (Å²) in [5.74, 6) is -0.408. The first-order chi connectivity index (χ1) is 8.41. The number of anilines is 1. The highest BCUT2D eigenvalue weighted by atomic mass is 16.4. The van der Waals surface area contributed by atoms with E-state index in [0.29, 0.717) is 11.1 Å². The first kappa shape index (κ1) is 11.9. The highest BCUT2D eigenvalue weighted by Crippen LogP contribution is 2.20. The Morgan fingerprint density at radius 2 is 2.06 bits per heavy atom. The zero-order chi connectivity index (χ0) is 13.4. The van der Waals surface area contributed by atoms with Gasteiger partial charge in [0.05, 0.1) is 11.9 Å². The normalized spacial score (nSPS) is 10.6. The minimum Gasteiger partial charge on any atom is -0.464 e. The summed E-state index contributed by atoms with van der Waals surface area (Å²) in [5.41, 5.74) is 6.23. The Balaban J connectivity index is 2.76. The summed E-state index contributed by atoms with van der Waals surface area (Å²) >= 11 is 0. The number of nitrogens with zero attached hydrogens (tertiary/aromatic N) is 3. The molecular formula is C11H12N4O3. The lowest BCUT2D eigenvalue weighted by atomic mass is 10.3. The number of pyridine rings is 1. The van der Waals surface area contributed by atoms with Gasteiger partial charge in [0.25, 0.3) is 5.91 Å². The molecule has 0 atom stereocenters. The highest BCUT2D eigenvalue weighted by Gasteiger charge is 2.21. The molecule has 0 fully saturated rings. The van der Waals surface area contributed by atoms with Gasteiger partial charge in [0, 0.05) is 19.5 Å². The van der Waals surface area contributed by atoms with Gasteiger partial charge in [-0.25, -0.2) is 14.3 Å². The van der Waals surface area contributed by atoms with Crippen LogP contribution in [-0.2, 0) is 0 Å². The van der Waals surface area contributed by atoms with Gasteiger partial charge in [-0.3, -0.25) is 4.79 Å². The summed E-state index contributed by atoms with van der Waals surface area (Å²) in [6, 6.07) is 3.04. The van der Waals surface area contributed by atoms with E-state index in [-0.39, 0.29) is 11.3 Å². The molecule has 0 spiro atoms. The van der Waals surface area contributed by atoms with Crippen LogP contribution in [0.4, 0.5) is 10.5 Å². The van der Waals surface area contributed by atoms with E-state index >= 15 is 0 Å². The quantitative estimate of drug-likeness (QED) is 0.778. The average Bonchev–Trinajstić information content (AvgIpc) is 2.65. The van der Waals surface area contributed by atoms with Gasteiger partial charge in [-0.15, -0.1) is 0 Å². The first-order valence-corrected chi connectivity index (χ1v) is 5.13. The Hall–Kier alpha value is -2.57. The number of aromatic nitrogens is 2. The first-order valence-electron chi connectivity index (χ1n) is 5.13. The zero-order valence-electron chi connectivity index (χ0n) is 9.91. The SMILES string of the molecule is CN(C)C(=O)c1cc2cc(N)cnc2n1C(=O)O. The maximum atomic E-state index is 11.9. The summed E-state index contributed by atoms with van der Waals surface area (Å²) in [5, 5.41) is 9.69. The molecular weight excluding hydrogens is 236 g/mol. The van der Waals surface area contributed by atoms with Crippen LogP contribution in [0.5, 0.6) is 0 Å². The molecule has 0 aliphatic rings. The van der Waals surface area contributed by atoms with Gasteiger partial charge in [0.15, 0.2) is 0 Å². The number of nitrogens with two attached hydrogens (primary N) is 1. The number of carbonyl (C=O) groups excluding carboxylic acids is 1. The monoisotopic (exact) mass is 248 g/mol. The lowest BCUT2D eigenvalue weighted by Crippen LogP contribution is -2.26. The van der Waals surface area contributed by atoms with Gasteiger partial charge in [0.2, 0.25) is 0 Å². The van der Waals surface area contributed by atoms with Crippen molar-refractivity contribution >= 4 is 28.7 Å². The summed E-state index contributed by atoms with van der Waals surface area (Å²) in [7, 11) is 3.10. The van der Waals surface area contributed by atoms with Crippen molar-refractivity contribution in [3.05, 3.63) is 24.0 Å². The van der Waals surface area contributed by atoms with E-state index in [2.05, 4.69) is 4.98 Å². The van der Waals surface area contributed by atoms with Crippen molar-refractivity contribution in [1.82, 2.24) is 14.5 Å². The second-order valence-electron chi connectivity index (χ2n) is 4.03. The molecule has 0 saturated carbocycles. The van der Waals surface area contributed by atoms with Gasteiger partial charge in [-0.1, -0.05) is 0 Å². The molecule has 0 bridgehead atoms. The second kappa shape index (κ2) is 4.02. The number of hydrogen-bond donors (Lipinski definition) is 2. The van der Waals surface area contributed by atoms with Crippen molar-refractivity contribution in [1.29, 1.82) is 0 Å². The fourth-order valence-corrected chi connectivity index (χ4v) is 1.69. The van der Waals surface area contributed by atoms with Crippen molar-refractivity contribution in [2.75, 3.05) is 19.8 Å². The lowest BCUT2D eigenvalue weighted by molar-refractivity contribution is 0.0816. The van der Waals surface area contributed by atoms with Crippen LogP contribution >= 0.6 is 0 Å². The molecule has 7 heteroatoms. The largest absolute Gasteiger partial charge is 0.464 e. The van der Waals surface area contributed by atoms with Crippen LogP contribution in [0.2, 0.25) is 0 Å². The molecule has 2 rings (SSSR count).